The first-order valence-corrected chi connectivity index (χ1v) is 24.8. The predicted octanol–water partition coefficient (Wildman–Crippen LogP) is 18.0. The van der Waals surface area contributed by atoms with Crippen molar-refractivity contribution in [3.8, 4) is 0 Å². The fourth-order valence-electron chi connectivity index (χ4n) is 8.73. The Balaban J connectivity index is 2.34. The predicted molar refractivity (Wildman–Crippen MR) is 235 cm³/mol. The number of aromatic nitrogens is 2. The second-order valence-corrected chi connectivity index (χ2v) is 17.5. The molecule has 1 aromatic heterocycles. The highest BCUT2D eigenvalue weighted by molar-refractivity contribution is 4.90. The zero-order valence-electron chi connectivity index (χ0n) is 36.7. The molecule has 0 radical (unpaired) electrons. The van der Waals surface area contributed by atoms with Crippen LogP contribution in [0.1, 0.15) is 309 Å². The first kappa shape index (κ1) is 49.2. The quantitative estimate of drug-likeness (QED) is 0.0510. The van der Waals surface area contributed by atoms with E-state index in [-0.39, 0.29) is 0 Å². The molecule has 0 aliphatic carbocycles. The molecule has 308 valence electrons. The van der Waals surface area contributed by atoms with Crippen LogP contribution < -0.4 is 4.57 Å². The number of nitrogens with one attached hydrogen (secondary N) is 1. The van der Waals surface area contributed by atoms with Crippen LogP contribution in [0.2, 0.25) is 0 Å². The summed E-state index contributed by atoms with van der Waals surface area (Å²) >= 11 is 0. The normalized spacial score (nSPS) is 12.9. The van der Waals surface area contributed by atoms with Crippen LogP contribution in [-0.2, 0) is 0 Å². The molecule has 0 aliphatic heterocycles. The van der Waals surface area contributed by atoms with E-state index in [4.69, 9.17) is 0 Å². The molecular weight excluding hydrogens is 629 g/mol. The Hall–Kier alpha value is -0.790. The van der Waals surface area contributed by atoms with Gasteiger partial charge in [-0.2, -0.15) is 0 Å². The Kier molecular flexibility index (Phi) is 37.8. The molecule has 0 saturated carbocycles. The van der Waals surface area contributed by atoms with E-state index in [1.807, 2.05) is 0 Å². The molecule has 2 atom stereocenters. The molecule has 1 N–H and O–H groups in total. The van der Waals surface area contributed by atoms with E-state index < -0.39 is 0 Å². The molecule has 52 heavy (non-hydrogen) atoms. The SMILES string of the molecule is CCCCCCCCCCCCCCCCCC(C)[n+]1cc[nH]c1C(CCCCCCCCCCCC)CCCCCCCCCCCCCCC. The molecule has 0 fully saturated rings. The molecule has 1 rings (SSSR count). The highest BCUT2D eigenvalue weighted by atomic mass is 15.1. The van der Waals surface area contributed by atoms with Crippen LogP contribution in [0.25, 0.3) is 0 Å². The maximum atomic E-state index is 3.79. The van der Waals surface area contributed by atoms with Crippen molar-refractivity contribution < 1.29 is 4.57 Å². The van der Waals surface area contributed by atoms with Crippen molar-refractivity contribution in [2.24, 2.45) is 0 Å². The number of nitrogens with zero attached hydrogens (tertiary/aromatic N) is 1. The molecule has 2 unspecified atom stereocenters. The van der Waals surface area contributed by atoms with Gasteiger partial charge in [-0.05, 0) is 32.6 Å². The lowest BCUT2D eigenvalue weighted by Gasteiger charge is -2.17. The van der Waals surface area contributed by atoms with E-state index in [2.05, 4.69) is 49.6 Å². The molecule has 0 bridgehead atoms. The monoisotopic (exact) mass is 728 g/mol. The van der Waals surface area contributed by atoms with Crippen LogP contribution >= 0.6 is 0 Å². The molecule has 2 nitrogen and oxygen atoms in total. The minimum absolute atomic E-state index is 0.616. The highest BCUT2D eigenvalue weighted by Gasteiger charge is 2.25. The van der Waals surface area contributed by atoms with Crippen molar-refractivity contribution in [3.63, 3.8) is 0 Å². The van der Waals surface area contributed by atoms with E-state index in [1.165, 1.54) is 263 Å². The number of hydrogen-bond donors (Lipinski definition) is 1. The fraction of sp³-hybridized carbons (Fsp3) is 0.940. The maximum absolute atomic E-state index is 3.79. The van der Waals surface area contributed by atoms with Crippen LogP contribution in [0, 0.1) is 0 Å². The van der Waals surface area contributed by atoms with Gasteiger partial charge in [-0.25, -0.2) is 9.55 Å². The van der Waals surface area contributed by atoms with Gasteiger partial charge in [0.25, 0.3) is 5.82 Å². The molecule has 0 amide bonds. The van der Waals surface area contributed by atoms with E-state index in [1.54, 1.807) is 5.82 Å². The van der Waals surface area contributed by atoms with Gasteiger partial charge in [0.2, 0.25) is 0 Å². The number of aromatic amines is 1. The Morgan fingerprint density at radius 1 is 0.365 bits per heavy atom. The molecule has 2 heteroatoms. The Morgan fingerprint density at radius 2 is 0.615 bits per heavy atom. The number of unbranched alkanes of at least 4 members (excludes halogenated alkanes) is 35. The van der Waals surface area contributed by atoms with E-state index >= 15 is 0 Å². The van der Waals surface area contributed by atoms with Crippen molar-refractivity contribution in [2.75, 3.05) is 0 Å². The van der Waals surface area contributed by atoms with Gasteiger partial charge >= 0.3 is 0 Å². The number of hydrogen-bond acceptors (Lipinski definition) is 0. The van der Waals surface area contributed by atoms with Crippen molar-refractivity contribution in [2.45, 2.75) is 303 Å². The lowest BCUT2D eigenvalue weighted by Crippen LogP contribution is -2.41. The van der Waals surface area contributed by atoms with Gasteiger partial charge in [0, 0.05) is 0 Å². The summed E-state index contributed by atoms with van der Waals surface area (Å²) in [5.74, 6) is 2.25. The van der Waals surface area contributed by atoms with Crippen LogP contribution in [0.15, 0.2) is 12.4 Å². The van der Waals surface area contributed by atoms with Gasteiger partial charge in [-0.1, -0.05) is 258 Å². The van der Waals surface area contributed by atoms with Gasteiger partial charge in [0.05, 0.1) is 12.0 Å². The van der Waals surface area contributed by atoms with Crippen LogP contribution in [0.5, 0.6) is 0 Å². The summed E-state index contributed by atoms with van der Waals surface area (Å²) < 4.78 is 2.66. The van der Waals surface area contributed by atoms with Gasteiger partial charge in [0.1, 0.15) is 12.4 Å². The zero-order chi connectivity index (χ0) is 37.4. The van der Waals surface area contributed by atoms with Gasteiger partial charge in [-0.15, -0.1) is 0 Å². The topological polar surface area (TPSA) is 19.7 Å². The molecular formula is C50H99N2+. The second-order valence-electron chi connectivity index (χ2n) is 17.5. The summed E-state index contributed by atoms with van der Waals surface area (Å²) in [5, 5.41) is 0. The minimum atomic E-state index is 0.616. The average Bonchev–Trinajstić information content (AvgIpc) is 3.65. The molecule has 0 aliphatic rings. The van der Waals surface area contributed by atoms with Gasteiger partial charge in [0.15, 0.2) is 0 Å². The van der Waals surface area contributed by atoms with Crippen molar-refractivity contribution in [1.29, 1.82) is 0 Å². The lowest BCUT2D eigenvalue weighted by atomic mass is 9.92. The average molecular weight is 728 g/mol. The summed E-state index contributed by atoms with van der Waals surface area (Å²) in [6, 6.07) is 0.616. The first-order chi connectivity index (χ1) is 25.7. The Labute approximate surface area is 329 Å². The standard InChI is InChI=1S/C50H98N2/c1-5-8-11-14-17-20-23-25-26-28-29-31-34-37-40-43-48(4)52-47-46-51-50(52)49(44-41-38-35-32-22-19-16-13-10-7-3)45-42-39-36-33-30-27-24-21-18-15-12-9-6-2/h46-49H,5-45H2,1-4H3/p+1. The van der Waals surface area contributed by atoms with Crippen LogP contribution in [-0.4, -0.2) is 4.98 Å². The second kappa shape index (κ2) is 39.9. The highest BCUT2D eigenvalue weighted by Crippen LogP contribution is 2.28. The molecule has 1 aromatic rings. The maximum Gasteiger partial charge on any atom is 0.257 e. The fourth-order valence-corrected chi connectivity index (χ4v) is 8.73. The molecule has 0 saturated heterocycles. The Morgan fingerprint density at radius 3 is 0.904 bits per heavy atom. The van der Waals surface area contributed by atoms with Gasteiger partial charge < -0.3 is 0 Å². The number of imidazole rings is 1. The van der Waals surface area contributed by atoms with Crippen LogP contribution in [0.3, 0.4) is 0 Å². The smallest absolute Gasteiger partial charge is 0.247 e. The first-order valence-electron chi connectivity index (χ1n) is 24.8. The molecule has 1 heterocycles. The summed E-state index contributed by atoms with van der Waals surface area (Å²) in [7, 11) is 0. The largest absolute Gasteiger partial charge is 0.257 e. The van der Waals surface area contributed by atoms with Crippen LogP contribution in [0.4, 0.5) is 0 Å². The van der Waals surface area contributed by atoms with E-state index in [9.17, 15) is 0 Å². The number of H-pyrrole nitrogens is 1. The molecule has 0 spiro atoms. The summed E-state index contributed by atoms with van der Waals surface area (Å²) in [6.45, 7) is 9.44. The zero-order valence-corrected chi connectivity index (χ0v) is 36.7. The van der Waals surface area contributed by atoms with Crippen molar-refractivity contribution in [1.82, 2.24) is 4.98 Å². The Bertz CT molecular complexity index is 798. The van der Waals surface area contributed by atoms with E-state index in [0.29, 0.717) is 12.0 Å². The third kappa shape index (κ3) is 30.5. The molecule has 0 aromatic carbocycles. The summed E-state index contributed by atoms with van der Waals surface area (Å²) in [4.78, 5) is 3.79. The lowest BCUT2D eigenvalue weighted by molar-refractivity contribution is -0.727. The summed E-state index contributed by atoms with van der Waals surface area (Å²) in [5.41, 5.74) is 0. The number of rotatable bonds is 43. The van der Waals surface area contributed by atoms with Crippen molar-refractivity contribution >= 4 is 0 Å². The summed E-state index contributed by atoms with van der Waals surface area (Å²) in [6.07, 6.45) is 63.6. The van der Waals surface area contributed by atoms with Crippen molar-refractivity contribution in [3.05, 3.63) is 18.2 Å². The third-order valence-electron chi connectivity index (χ3n) is 12.4. The van der Waals surface area contributed by atoms with E-state index in [0.717, 1.165) is 0 Å². The third-order valence-corrected chi connectivity index (χ3v) is 12.4. The minimum Gasteiger partial charge on any atom is -0.247 e. The van der Waals surface area contributed by atoms with Gasteiger partial charge in [-0.3, -0.25) is 0 Å².